The molecule has 1 aliphatic carbocycles. The summed E-state index contributed by atoms with van der Waals surface area (Å²) in [6, 6.07) is 0. The minimum absolute atomic E-state index is 0.262. The van der Waals surface area contributed by atoms with Gasteiger partial charge in [0, 0.05) is 12.8 Å². The summed E-state index contributed by atoms with van der Waals surface area (Å²) in [6.07, 6.45) is 16.7. The first-order valence-corrected chi connectivity index (χ1v) is 9.41. The maximum atomic E-state index is 10.5. The minimum atomic E-state index is -0.687. The Kier molecular flexibility index (Phi) is 8.10. The Hall–Kier alpha value is -0.870. The number of rotatable bonds is 12. The van der Waals surface area contributed by atoms with E-state index in [0.29, 0.717) is 18.3 Å². The fraction of sp³-hybridized carbons (Fsp3) is 0.842. The molecule has 0 aromatic heterocycles. The van der Waals surface area contributed by atoms with Crippen molar-refractivity contribution in [3.8, 4) is 0 Å². The van der Waals surface area contributed by atoms with Gasteiger partial charge in [-0.1, -0.05) is 44.8 Å². The normalized spacial score (nSPS) is 29.6. The van der Waals surface area contributed by atoms with Crippen molar-refractivity contribution in [1.29, 1.82) is 0 Å². The van der Waals surface area contributed by atoms with Crippen LogP contribution in [0.25, 0.3) is 0 Å². The van der Waals surface area contributed by atoms with Crippen LogP contribution in [0.15, 0.2) is 12.2 Å². The summed E-state index contributed by atoms with van der Waals surface area (Å²) >= 11 is 0. The van der Waals surface area contributed by atoms with Crippen LogP contribution in [0.4, 0.5) is 0 Å². The van der Waals surface area contributed by atoms with Gasteiger partial charge in [0.2, 0.25) is 0 Å². The number of unbranched alkanes of at least 4 members (excludes halogenated alkanes) is 5. The van der Waals surface area contributed by atoms with E-state index in [1.807, 2.05) is 0 Å². The molecule has 1 heterocycles. The average Bonchev–Trinajstić information content (AvgIpc) is 3.12. The van der Waals surface area contributed by atoms with Crippen LogP contribution < -0.4 is 0 Å². The Labute approximate surface area is 140 Å². The molecule has 23 heavy (non-hydrogen) atoms. The number of aliphatic carboxylic acids is 1. The second-order valence-corrected chi connectivity index (χ2v) is 7.03. The van der Waals surface area contributed by atoms with Gasteiger partial charge in [0.15, 0.2) is 0 Å². The van der Waals surface area contributed by atoms with E-state index in [2.05, 4.69) is 19.1 Å². The van der Waals surface area contributed by atoms with E-state index >= 15 is 0 Å². The first-order chi connectivity index (χ1) is 11.2. The molecule has 0 amide bonds. The molecule has 2 aliphatic rings. The molecule has 1 N–H and O–H groups in total. The van der Waals surface area contributed by atoms with Crippen LogP contribution >= 0.6 is 0 Å². The van der Waals surface area contributed by atoms with Gasteiger partial charge in [0.25, 0.3) is 0 Å². The van der Waals surface area contributed by atoms with Gasteiger partial charge in [-0.25, -0.2) is 9.78 Å². The summed E-state index contributed by atoms with van der Waals surface area (Å²) in [5, 5.41) is 8.68. The third kappa shape index (κ3) is 5.92. The van der Waals surface area contributed by atoms with E-state index < -0.39 is 5.97 Å². The third-order valence-electron chi connectivity index (χ3n) is 5.25. The molecule has 4 heteroatoms. The fourth-order valence-corrected chi connectivity index (χ4v) is 3.94. The first-order valence-electron chi connectivity index (χ1n) is 9.41. The zero-order valence-electron chi connectivity index (χ0n) is 14.4. The zero-order valence-corrected chi connectivity index (χ0v) is 14.4. The highest BCUT2D eigenvalue weighted by atomic mass is 17.2. The van der Waals surface area contributed by atoms with Gasteiger partial charge < -0.3 is 5.11 Å². The molecule has 0 unspecified atom stereocenters. The minimum Gasteiger partial charge on any atom is -0.481 e. The Balaban J connectivity index is 1.68. The van der Waals surface area contributed by atoms with E-state index in [-0.39, 0.29) is 12.2 Å². The number of allylic oxidation sites excluding steroid dienone is 2. The van der Waals surface area contributed by atoms with Gasteiger partial charge in [0.1, 0.15) is 0 Å². The highest BCUT2D eigenvalue weighted by Gasteiger charge is 2.49. The molecular formula is C19H32O4. The fourth-order valence-electron chi connectivity index (χ4n) is 3.94. The van der Waals surface area contributed by atoms with E-state index in [0.717, 1.165) is 38.5 Å². The monoisotopic (exact) mass is 324 g/mol. The second kappa shape index (κ2) is 10.1. The van der Waals surface area contributed by atoms with Gasteiger partial charge in [0.05, 0.1) is 12.2 Å². The Morgan fingerprint density at radius 3 is 2.57 bits per heavy atom. The van der Waals surface area contributed by atoms with Crippen molar-refractivity contribution < 1.29 is 19.7 Å². The molecule has 1 saturated carbocycles. The molecule has 0 radical (unpaired) electrons. The molecule has 0 aromatic rings. The number of carbonyl (C=O) groups is 1. The number of carboxylic acid groups (broad SMARTS) is 1. The topological polar surface area (TPSA) is 55.8 Å². The molecule has 2 fully saturated rings. The van der Waals surface area contributed by atoms with Crippen molar-refractivity contribution in [3.05, 3.63) is 12.2 Å². The lowest BCUT2D eigenvalue weighted by Gasteiger charge is -2.29. The smallest absolute Gasteiger partial charge is 0.303 e. The van der Waals surface area contributed by atoms with Crippen molar-refractivity contribution in [2.45, 2.75) is 89.8 Å². The molecule has 2 bridgehead atoms. The number of hydrogen-bond donors (Lipinski definition) is 1. The van der Waals surface area contributed by atoms with Crippen molar-refractivity contribution in [2.75, 3.05) is 0 Å². The summed E-state index contributed by atoms with van der Waals surface area (Å²) in [7, 11) is 0. The summed E-state index contributed by atoms with van der Waals surface area (Å²) in [6.45, 7) is 2.23. The number of fused-ring (bicyclic) bond motifs is 2. The van der Waals surface area contributed by atoms with Gasteiger partial charge in [-0.15, -0.1) is 0 Å². The van der Waals surface area contributed by atoms with Gasteiger partial charge in [-0.05, 0) is 43.9 Å². The van der Waals surface area contributed by atoms with Crippen LogP contribution in [0, 0.1) is 11.8 Å². The molecule has 2 rings (SSSR count). The molecule has 132 valence electrons. The first kappa shape index (κ1) is 18.5. The van der Waals surface area contributed by atoms with Crippen molar-refractivity contribution >= 4 is 5.97 Å². The second-order valence-electron chi connectivity index (χ2n) is 7.03. The van der Waals surface area contributed by atoms with Crippen LogP contribution in [0.1, 0.15) is 77.6 Å². The summed E-state index contributed by atoms with van der Waals surface area (Å²) in [4.78, 5) is 21.4. The molecular weight excluding hydrogens is 292 g/mol. The summed E-state index contributed by atoms with van der Waals surface area (Å²) in [5.74, 6) is 0.474. The third-order valence-corrected chi connectivity index (χ3v) is 5.25. The Bertz CT molecular complexity index is 380. The summed E-state index contributed by atoms with van der Waals surface area (Å²) in [5.41, 5.74) is 0. The highest BCUT2D eigenvalue weighted by molar-refractivity contribution is 5.66. The Morgan fingerprint density at radius 1 is 1.04 bits per heavy atom. The standard InChI is InChI=1S/C19H32O4/c1-2-3-4-5-6-8-11-15-16(18-14-17(15)22-23-18)12-9-7-10-13-19(20)21/h6,8,15-18H,2-5,7,9-14H2,1H3,(H,20,21)/t15-,16-,17-,18-/m1/s1. The van der Waals surface area contributed by atoms with Crippen LogP contribution in [0.2, 0.25) is 0 Å². The van der Waals surface area contributed by atoms with E-state index in [1.165, 1.54) is 25.7 Å². The zero-order chi connectivity index (χ0) is 16.5. The molecule has 4 nitrogen and oxygen atoms in total. The van der Waals surface area contributed by atoms with Crippen LogP contribution in [-0.4, -0.2) is 23.3 Å². The summed E-state index contributed by atoms with van der Waals surface area (Å²) < 4.78 is 0. The molecule has 1 saturated heterocycles. The average molecular weight is 324 g/mol. The molecule has 1 aliphatic heterocycles. The molecule has 0 aromatic carbocycles. The lowest BCUT2D eigenvalue weighted by Crippen LogP contribution is -2.29. The maximum absolute atomic E-state index is 10.5. The lowest BCUT2D eigenvalue weighted by molar-refractivity contribution is -0.341. The van der Waals surface area contributed by atoms with E-state index in [1.54, 1.807) is 0 Å². The van der Waals surface area contributed by atoms with Crippen molar-refractivity contribution in [2.24, 2.45) is 11.8 Å². The van der Waals surface area contributed by atoms with E-state index in [4.69, 9.17) is 14.9 Å². The predicted octanol–water partition coefficient (Wildman–Crippen LogP) is 4.88. The van der Waals surface area contributed by atoms with Crippen molar-refractivity contribution in [3.63, 3.8) is 0 Å². The highest BCUT2D eigenvalue weighted by Crippen LogP contribution is 2.46. The maximum Gasteiger partial charge on any atom is 0.303 e. The molecule has 0 spiro atoms. The predicted molar refractivity (Wildman–Crippen MR) is 90.0 cm³/mol. The van der Waals surface area contributed by atoms with Gasteiger partial charge in [-0.3, -0.25) is 4.79 Å². The van der Waals surface area contributed by atoms with Crippen LogP contribution in [-0.2, 0) is 14.6 Å². The van der Waals surface area contributed by atoms with Gasteiger partial charge >= 0.3 is 5.97 Å². The van der Waals surface area contributed by atoms with Crippen LogP contribution in [0.5, 0.6) is 0 Å². The Morgan fingerprint density at radius 2 is 1.83 bits per heavy atom. The SMILES string of the molecule is CCCCCC=CC[C@@H]1[C@@H](CCCCCC(=O)O)[C@H]2C[C@H]1OO2. The van der Waals surface area contributed by atoms with Crippen LogP contribution in [0.3, 0.4) is 0 Å². The van der Waals surface area contributed by atoms with E-state index in [9.17, 15) is 4.79 Å². The largest absolute Gasteiger partial charge is 0.481 e. The lowest BCUT2D eigenvalue weighted by atomic mass is 9.86. The van der Waals surface area contributed by atoms with Crippen molar-refractivity contribution in [1.82, 2.24) is 0 Å². The van der Waals surface area contributed by atoms with Gasteiger partial charge in [-0.2, -0.15) is 0 Å². The quantitative estimate of drug-likeness (QED) is 0.316. The number of carboxylic acids is 1. The molecule has 4 atom stereocenters. The number of hydrogen-bond acceptors (Lipinski definition) is 3.